The van der Waals surface area contributed by atoms with Crippen molar-refractivity contribution < 1.29 is 29.1 Å². The van der Waals surface area contributed by atoms with E-state index in [1.54, 1.807) is 61.7 Å². The molecule has 12 heteroatoms. The van der Waals surface area contributed by atoms with Crippen molar-refractivity contribution in [1.82, 2.24) is 9.55 Å². The van der Waals surface area contributed by atoms with Crippen molar-refractivity contribution in [2.75, 3.05) is 25.6 Å². The van der Waals surface area contributed by atoms with Gasteiger partial charge in [-0.3, -0.25) is 15.1 Å². The topological polar surface area (TPSA) is 161 Å². The molecule has 0 spiro atoms. The molecule has 0 unspecified atom stereocenters. The number of esters is 1. The van der Waals surface area contributed by atoms with E-state index in [0.717, 1.165) is 5.56 Å². The second-order valence-corrected chi connectivity index (χ2v) is 8.11. The van der Waals surface area contributed by atoms with Crippen molar-refractivity contribution in [3.05, 3.63) is 59.3 Å². The number of amides is 1. The minimum absolute atomic E-state index is 0.140. The number of benzene rings is 2. The largest absolute Gasteiger partial charge is 0.494 e. The maximum absolute atomic E-state index is 13.1. The molecule has 1 aromatic heterocycles. The fraction of sp³-hybridized carbons (Fsp3) is 0.280. The third-order valence-electron chi connectivity index (χ3n) is 5.31. The number of imidazole rings is 1. The number of hydrogen-bond acceptors (Lipinski definition) is 9. The summed E-state index contributed by atoms with van der Waals surface area (Å²) in [6.07, 6.45) is 1.48. The fourth-order valence-electron chi connectivity index (χ4n) is 3.68. The van der Waals surface area contributed by atoms with Crippen LogP contribution < -0.4 is 21.3 Å². The SMILES string of the molecule is CCN=C(C=C(C)N)C(=O)Nc1nc2cc(C(=O)OCC)cc(OC)c2n1Cc1ccc(B(O)O)cc1. The number of nitrogens with zero attached hydrogens (tertiary/aromatic N) is 3. The molecule has 0 atom stereocenters. The molecule has 1 heterocycles. The predicted octanol–water partition coefficient (Wildman–Crippen LogP) is 1.21. The maximum Gasteiger partial charge on any atom is 0.488 e. The lowest BCUT2D eigenvalue weighted by Gasteiger charge is -2.13. The Morgan fingerprint density at radius 1 is 1.22 bits per heavy atom. The summed E-state index contributed by atoms with van der Waals surface area (Å²) in [4.78, 5) is 34.3. The number of nitrogens with two attached hydrogens (primary N) is 1. The summed E-state index contributed by atoms with van der Waals surface area (Å²) in [6.45, 7) is 6.00. The Morgan fingerprint density at radius 3 is 2.49 bits per heavy atom. The van der Waals surface area contributed by atoms with Crippen molar-refractivity contribution in [2.24, 2.45) is 10.7 Å². The molecule has 0 aliphatic heterocycles. The summed E-state index contributed by atoms with van der Waals surface area (Å²) in [5, 5.41) is 21.6. The molecule has 0 radical (unpaired) electrons. The molecule has 0 fully saturated rings. The van der Waals surface area contributed by atoms with E-state index in [2.05, 4.69) is 15.3 Å². The number of nitrogens with one attached hydrogen (secondary N) is 1. The summed E-state index contributed by atoms with van der Waals surface area (Å²) in [6, 6.07) is 9.77. The number of aliphatic imine (C=N–C) groups is 1. The highest BCUT2D eigenvalue weighted by atomic mass is 16.5. The van der Waals surface area contributed by atoms with Crippen LogP contribution in [0.1, 0.15) is 36.7 Å². The molecular formula is C25H30BN5O6. The summed E-state index contributed by atoms with van der Waals surface area (Å²) in [5.41, 5.74) is 8.66. The number of carbonyl (C=O) groups excluding carboxylic acids is 2. The van der Waals surface area contributed by atoms with Gasteiger partial charge in [0.25, 0.3) is 5.91 Å². The van der Waals surface area contributed by atoms with Gasteiger partial charge in [0.15, 0.2) is 0 Å². The van der Waals surface area contributed by atoms with Gasteiger partial charge in [-0.05, 0) is 50.0 Å². The van der Waals surface area contributed by atoms with Gasteiger partial charge in [-0.1, -0.05) is 24.3 Å². The third kappa shape index (κ3) is 6.54. The fourth-order valence-corrected chi connectivity index (χ4v) is 3.68. The maximum atomic E-state index is 13.1. The Balaban J connectivity index is 2.15. The molecule has 2 aromatic carbocycles. The van der Waals surface area contributed by atoms with Gasteiger partial charge >= 0.3 is 13.1 Å². The van der Waals surface area contributed by atoms with Crippen LogP contribution in [0, 0.1) is 0 Å². The number of rotatable bonds is 10. The standard InChI is InChI=1S/C25H30BN5O6/c1-5-28-20(11-15(3)27)23(32)30-25-29-19-12-17(24(33)37-6-2)13-21(36-4)22(19)31(25)14-16-7-9-18(10-8-16)26(34)35/h7-13,34-35H,5-6,14,27H2,1-4H3,(H,29,30,32). The average molecular weight is 507 g/mol. The van der Waals surface area contributed by atoms with Crippen molar-refractivity contribution >= 4 is 47.2 Å². The van der Waals surface area contributed by atoms with E-state index in [9.17, 15) is 19.6 Å². The smallest absolute Gasteiger partial charge is 0.488 e. The summed E-state index contributed by atoms with van der Waals surface area (Å²) in [7, 11) is -0.118. The first kappa shape index (κ1) is 27.4. The van der Waals surface area contributed by atoms with Crippen LogP contribution in [0.5, 0.6) is 5.75 Å². The van der Waals surface area contributed by atoms with Gasteiger partial charge < -0.3 is 29.8 Å². The zero-order valence-electron chi connectivity index (χ0n) is 21.2. The minimum Gasteiger partial charge on any atom is -0.494 e. The summed E-state index contributed by atoms with van der Waals surface area (Å²) < 4.78 is 12.4. The number of fused-ring (bicyclic) bond motifs is 1. The highest BCUT2D eigenvalue weighted by molar-refractivity contribution is 6.58. The molecule has 1 amide bonds. The van der Waals surface area contributed by atoms with E-state index in [4.69, 9.17) is 15.2 Å². The first-order valence-corrected chi connectivity index (χ1v) is 11.7. The van der Waals surface area contributed by atoms with Gasteiger partial charge in [0.1, 0.15) is 17.0 Å². The van der Waals surface area contributed by atoms with Crippen LogP contribution >= 0.6 is 0 Å². The first-order valence-electron chi connectivity index (χ1n) is 11.7. The summed E-state index contributed by atoms with van der Waals surface area (Å²) >= 11 is 0. The molecule has 0 saturated carbocycles. The Bertz CT molecular complexity index is 1340. The van der Waals surface area contributed by atoms with Crippen molar-refractivity contribution in [3.63, 3.8) is 0 Å². The van der Waals surface area contributed by atoms with Gasteiger partial charge in [0.05, 0.1) is 31.3 Å². The van der Waals surface area contributed by atoms with Crippen LogP contribution in [-0.4, -0.2) is 64.6 Å². The van der Waals surface area contributed by atoms with Crippen LogP contribution in [0.4, 0.5) is 5.95 Å². The normalized spacial score (nSPS) is 11.9. The molecule has 0 saturated heterocycles. The van der Waals surface area contributed by atoms with Gasteiger partial charge in [0, 0.05) is 12.2 Å². The number of ether oxygens (including phenoxy) is 2. The minimum atomic E-state index is -1.59. The number of carbonyl (C=O) groups is 2. The molecule has 0 bridgehead atoms. The lowest BCUT2D eigenvalue weighted by Crippen LogP contribution is -2.29. The summed E-state index contributed by atoms with van der Waals surface area (Å²) in [5.74, 6) is -0.484. The molecule has 194 valence electrons. The lowest BCUT2D eigenvalue weighted by atomic mass is 9.80. The molecule has 0 aliphatic carbocycles. The van der Waals surface area contributed by atoms with Crippen molar-refractivity contribution in [3.8, 4) is 5.75 Å². The number of allylic oxidation sites excluding steroid dienone is 1. The molecule has 3 aromatic rings. The van der Waals surface area contributed by atoms with Gasteiger partial charge in [-0.2, -0.15) is 0 Å². The number of aromatic nitrogens is 2. The van der Waals surface area contributed by atoms with Crippen LogP contribution in [0.2, 0.25) is 0 Å². The monoisotopic (exact) mass is 507 g/mol. The Kier molecular flexibility index (Phi) is 9.04. The number of anilines is 1. The Hall–Kier alpha value is -4.16. The van der Waals surface area contributed by atoms with E-state index in [1.807, 2.05) is 0 Å². The highest BCUT2D eigenvalue weighted by Crippen LogP contribution is 2.31. The van der Waals surface area contributed by atoms with Gasteiger partial charge in [-0.25, -0.2) is 9.78 Å². The van der Waals surface area contributed by atoms with Crippen LogP contribution in [0.3, 0.4) is 0 Å². The Labute approximate surface area is 214 Å². The van der Waals surface area contributed by atoms with E-state index in [1.165, 1.54) is 13.2 Å². The molecule has 0 aliphatic rings. The highest BCUT2D eigenvalue weighted by Gasteiger charge is 2.22. The molecular weight excluding hydrogens is 477 g/mol. The van der Waals surface area contributed by atoms with Crippen LogP contribution in [0.15, 0.2) is 53.2 Å². The quantitative estimate of drug-likeness (QED) is 0.181. The molecule has 11 nitrogen and oxygen atoms in total. The zero-order chi connectivity index (χ0) is 27.1. The second-order valence-electron chi connectivity index (χ2n) is 8.11. The average Bonchev–Trinajstić information content (AvgIpc) is 3.19. The Morgan fingerprint density at radius 2 is 1.92 bits per heavy atom. The first-order chi connectivity index (χ1) is 17.7. The molecule has 5 N–H and O–H groups in total. The zero-order valence-corrected chi connectivity index (χ0v) is 21.2. The van der Waals surface area contributed by atoms with Crippen LogP contribution in [-0.2, 0) is 16.1 Å². The predicted molar refractivity (Wildman–Crippen MR) is 142 cm³/mol. The lowest BCUT2D eigenvalue weighted by molar-refractivity contribution is -0.110. The number of methoxy groups -OCH3 is 1. The second kappa shape index (κ2) is 12.2. The number of hydrogen-bond donors (Lipinski definition) is 4. The van der Waals surface area contributed by atoms with Gasteiger partial charge in [0.2, 0.25) is 5.95 Å². The van der Waals surface area contributed by atoms with E-state index in [0.29, 0.717) is 34.5 Å². The third-order valence-corrected chi connectivity index (χ3v) is 5.31. The molecule has 3 rings (SSSR count). The van der Waals surface area contributed by atoms with Crippen molar-refractivity contribution in [1.29, 1.82) is 0 Å². The molecule has 37 heavy (non-hydrogen) atoms. The van der Waals surface area contributed by atoms with Crippen LogP contribution in [0.25, 0.3) is 11.0 Å². The van der Waals surface area contributed by atoms with E-state index >= 15 is 0 Å². The van der Waals surface area contributed by atoms with Crippen molar-refractivity contribution in [2.45, 2.75) is 27.3 Å². The van der Waals surface area contributed by atoms with Gasteiger partial charge in [-0.15, -0.1) is 0 Å². The van der Waals surface area contributed by atoms with E-state index < -0.39 is 19.0 Å². The van der Waals surface area contributed by atoms with E-state index in [-0.39, 0.29) is 30.4 Å².